The van der Waals surface area contributed by atoms with Crippen molar-refractivity contribution in [2.75, 3.05) is 12.4 Å². The van der Waals surface area contributed by atoms with Gasteiger partial charge in [0.1, 0.15) is 5.82 Å². The first-order valence-corrected chi connectivity index (χ1v) is 6.35. The molecular weight excluding hydrogens is 251 g/mol. The zero-order chi connectivity index (χ0) is 13.8. The van der Waals surface area contributed by atoms with E-state index < -0.39 is 10.7 Å². The molecule has 0 radical (unpaired) electrons. The van der Waals surface area contributed by atoms with Gasteiger partial charge in [-0.3, -0.25) is 10.1 Å². The fraction of sp³-hybridized carbons (Fsp3) is 0.538. The van der Waals surface area contributed by atoms with Crippen LogP contribution in [-0.2, 0) is 4.74 Å². The summed E-state index contributed by atoms with van der Waals surface area (Å²) >= 11 is 0. The molecule has 1 aromatic carbocycles. The molecule has 2 rings (SSSR count). The molecule has 1 N–H and O–H groups in total. The van der Waals surface area contributed by atoms with Gasteiger partial charge in [0.05, 0.1) is 22.8 Å². The van der Waals surface area contributed by atoms with Crippen LogP contribution in [0.1, 0.15) is 25.7 Å². The van der Waals surface area contributed by atoms with Crippen molar-refractivity contribution in [3.63, 3.8) is 0 Å². The van der Waals surface area contributed by atoms with E-state index in [-0.39, 0.29) is 23.5 Å². The molecule has 1 aliphatic carbocycles. The van der Waals surface area contributed by atoms with E-state index in [2.05, 4.69) is 5.32 Å². The van der Waals surface area contributed by atoms with Crippen LogP contribution in [0.25, 0.3) is 0 Å². The Hall–Kier alpha value is -1.69. The summed E-state index contributed by atoms with van der Waals surface area (Å²) in [5, 5.41) is 13.7. The van der Waals surface area contributed by atoms with Crippen LogP contribution in [0, 0.1) is 15.9 Å². The van der Waals surface area contributed by atoms with Gasteiger partial charge in [-0.2, -0.15) is 0 Å². The van der Waals surface area contributed by atoms with Crippen molar-refractivity contribution in [3.05, 3.63) is 34.1 Å². The molecule has 1 aliphatic rings. The summed E-state index contributed by atoms with van der Waals surface area (Å²) in [7, 11) is 1.63. The average molecular weight is 268 g/mol. The van der Waals surface area contributed by atoms with E-state index >= 15 is 0 Å². The number of halogens is 1. The minimum Gasteiger partial charge on any atom is -0.379 e. The molecule has 0 saturated heterocycles. The standard InChI is InChI=1S/C13H17FN2O3/c1-19-13-5-3-2-4-11(13)15-12-8-9(16(17)18)6-7-10(12)14/h6-8,11,13,15H,2-5H2,1H3. The highest BCUT2D eigenvalue weighted by atomic mass is 19.1. The Labute approximate surface area is 110 Å². The largest absolute Gasteiger partial charge is 0.379 e. The first kappa shape index (κ1) is 13.7. The molecule has 1 fully saturated rings. The Morgan fingerprint density at radius 1 is 1.42 bits per heavy atom. The minimum atomic E-state index is -0.528. The highest BCUT2D eigenvalue weighted by molar-refractivity contribution is 5.53. The van der Waals surface area contributed by atoms with Gasteiger partial charge in [-0.15, -0.1) is 0 Å². The van der Waals surface area contributed by atoms with Crippen LogP contribution in [0.2, 0.25) is 0 Å². The lowest BCUT2D eigenvalue weighted by atomic mass is 9.92. The first-order chi connectivity index (χ1) is 9.11. The molecule has 0 spiro atoms. The number of rotatable bonds is 4. The van der Waals surface area contributed by atoms with Gasteiger partial charge in [0, 0.05) is 19.2 Å². The number of benzene rings is 1. The second-order valence-corrected chi connectivity index (χ2v) is 4.73. The lowest BCUT2D eigenvalue weighted by Crippen LogP contribution is -2.38. The van der Waals surface area contributed by atoms with Crippen molar-refractivity contribution in [1.29, 1.82) is 0 Å². The SMILES string of the molecule is COC1CCCCC1Nc1cc([N+](=O)[O-])ccc1F. The van der Waals surface area contributed by atoms with E-state index in [1.54, 1.807) is 7.11 Å². The van der Waals surface area contributed by atoms with Crippen LogP contribution in [0.5, 0.6) is 0 Å². The Balaban J connectivity index is 2.17. The van der Waals surface area contributed by atoms with E-state index in [1.165, 1.54) is 6.07 Å². The molecule has 19 heavy (non-hydrogen) atoms. The maximum Gasteiger partial charge on any atom is 0.271 e. The van der Waals surface area contributed by atoms with Crippen molar-refractivity contribution in [2.45, 2.75) is 37.8 Å². The number of nitro benzene ring substituents is 1. The summed E-state index contributed by atoms with van der Waals surface area (Å²) in [5.41, 5.74) is 0.0526. The van der Waals surface area contributed by atoms with E-state index in [1.807, 2.05) is 0 Å². The van der Waals surface area contributed by atoms with Crippen LogP contribution >= 0.6 is 0 Å². The lowest BCUT2D eigenvalue weighted by Gasteiger charge is -2.31. The second-order valence-electron chi connectivity index (χ2n) is 4.73. The van der Waals surface area contributed by atoms with Gasteiger partial charge in [0.25, 0.3) is 5.69 Å². The van der Waals surface area contributed by atoms with Crippen LogP contribution < -0.4 is 5.32 Å². The highest BCUT2D eigenvalue weighted by Crippen LogP contribution is 2.27. The lowest BCUT2D eigenvalue weighted by molar-refractivity contribution is -0.384. The number of non-ortho nitro benzene ring substituents is 1. The Bertz CT molecular complexity index is 467. The van der Waals surface area contributed by atoms with E-state index in [9.17, 15) is 14.5 Å². The predicted octanol–water partition coefficient (Wildman–Crippen LogP) is 3.10. The van der Waals surface area contributed by atoms with Gasteiger partial charge >= 0.3 is 0 Å². The Kier molecular flexibility index (Phi) is 4.31. The van der Waals surface area contributed by atoms with Crippen molar-refractivity contribution in [3.8, 4) is 0 Å². The van der Waals surface area contributed by atoms with Crippen LogP contribution in [0.4, 0.5) is 15.8 Å². The summed E-state index contributed by atoms with van der Waals surface area (Å²) in [6.45, 7) is 0. The molecule has 2 unspecified atom stereocenters. The van der Waals surface area contributed by atoms with Crippen molar-refractivity contribution in [1.82, 2.24) is 0 Å². The fourth-order valence-corrected chi connectivity index (χ4v) is 2.48. The van der Waals surface area contributed by atoms with Gasteiger partial charge < -0.3 is 10.1 Å². The number of nitrogens with one attached hydrogen (secondary N) is 1. The third-order valence-electron chi connectivity index (χ3n) is 3.51. The predicted molar refractivity (Wildman–Crippen MR) is 69.7 cm³/mol. The number of nitrogens with zero attached hydrogens (tertiary/aromatic N) is 1. The molecule has 5 nitrogen and oxygen atoms in total. The number of nitro groups is 1. The van der Waals surface area contributed by atoms with Crippen LogP contribution in [0.15, 0.2) is 18.2 Å². The molecule has 0 amide bonds. The van der Waals surface area contributed by atoms with E-state index in [0.717, 1.165) is 37.8 Å². The Morgan fingerprint density at radius 2 is 2.16 bits per heavy atom. The zero-order valence-corrected chi connectivity index (χ0v) is 10.8. The molecule has 1 aromatic rings. The number of ether oxygens (including phenoxy) is 1. The minimum absolute atomic E-state index is 0.00439. The molecule has 0 bridgehead atoms. The third kappa shape index (κ3) is 3.20. The smallest absolute Gasteiger partial charge is 0.271 e. The van der Waals surface area contributed by atoms with E-state index in [0.29, 0.717) is 0 Å². The van der Waals surface area contributed by atoms with Gasteiger partial charge in [-0.05, 0) is 18.9 Å². The number of hydrogen-bond donors (Lipinski definition) is 1. The summed E-state index contributed by atoms with van der Waals surface area (Å²) in [6.07, 6.45) is 3.96. The van der Waals surface area contributed by atoms with Gasteiger partial charge in [-0.25, -0.2) is 4.39 Å². The molecule has 1 saturated carbocycles. The van der Waals surface area contributed by atoms with Gasteiger partial charge in [0.2, 0.25) is 0 Å². The molecule has 104 valence electrons. The van der Waals surface area contributed by atoms with Crippen molar-refractivity contribution < 1.29 is 14.1 Å². The third-order valence-corrected chi connectivity index (χ3v) is 3.51. The zero-order valence-electron chi connectivity index (χ0n) is 10.8. The second kappa shape index (κ2) is 5.97. The summed E-state index contributed by atoms with van der Waals surface area (Å²) in [4.78, 5) is 10.2. The molecule has 0 heterocycles. The molecule has 6 heteroatoms. The van der Waals surface area contributed by atoms with Gasteiger partial charge in [-0.1, -0.05) is 12.8 Å². The Morgan fingerprint density at radius 3 is 2.84 bits per heavy atom. The van der Waals surface area contributed by atoms with Crippen molar-refractivity contribution >= 4 is 11.4 Å². The number of methoxy groups -OCH3 is 1. The summed E-state index contributed by atoms with van der Waals surface area (Å²) in [6, 6.07) is 3.51. The quantitative estimate of drug-likeness (QED) is 0.673. The maximum atomic E-state index is 13.7. The summed E-state index contributed by atoms with van der Waals surface area (Å²) in [5.74, 6) is -0.481. The highest BCUT2D eigenvalue weighted by Gasteiger charge is 2.26. The first-order valence-electron chi connectivity index (χ1n) is 6.35. The molecule has 0 aromatic heterocycles. The fourth-order valence-electron chi connectivity index (χ4n) is 2.48. The topological polar surface area (TPSA) is 64.4 Å². The van der Waals surface area contributed by atoms with E-state index in [4.69, 9.17) is 4.74 Å². The maximum absolute atomic E-state index is 13.7. The van der Waals surface area contributed by atoms with Crippen LogP contribution in [-0.4, -0.2) is 24.2 Å². The molecule has 2 atom stereocenters. The number of hydrogen-bond acceptors (Lipinski definition) is 4. The molecule has 0 aliphatic heterocycles. The summed E-state index contributed by atoms with van der Waals surface area (Å²) < 4.78 is 19.1. The van der Waals surface area contributed by atoms with Crippen molar-refractivity contribution in [2.24, 2.45) is 0 Å². The monoisotopic (exact) mass is 268 g/mol. The average Bonchev–Trinajstić information content (AvgIpc) is 2.41. The normalized spacial score (nSPS) is 23.1. The van der Waals surface area contributed by atoms with Crippen LogP contribution in [0.3, 0.4) is 0 Å². The molecular formula is C13H17FN2O3. The van der Waals surface area contributed by atoms with Gasteiger partial charge in [0.15, 0.2) is 0 Å². The number of anilines is 1.